The molecule has 2 aromatic heterocycles. The van der Waals surface area contributed by atoms with Gasteiger partial charge < -0.3 is 5.32 Å². The number of carbonyl (C=O) groups is 1. The van der Waals surface area contributed by atoms with E-state index >= 15 is 0 Å². The van der Waals surface area contributed by atoms with Crippen molar-refractivity contribution in [2.24, 2.45) is 0 Å². The first-order valence-corrected chi connectivity index (χ1v) is 8.56. The van der Waals surface area contributed by atoms with Crippen LogP contribution in [0.3, 0.4) is 0 Å². The predicted molar refractivity (Wildman–Crippen MR) is 91.1 cm³/mol. The third-order valence-electron chi connectivity index (χ3n) is 3.34. The summed E-state index contributed by atoms with van der Waals surface area (Å²) in [5.41, 5.74) is 1.64. The SMILES string of the molecule is CCCC(NC(=O)c1snc(Cl)c1Cl)n1nnc2ccccc21. The molecule has 0 aliphatic carbocycles. The number of carbonyl (C=O) groups excluding carboxylic acids is 1. The lowest BCUT2D eigenvalue weighted by Crippen LogP contribution is -2.32. The number of hydrogen-bond donors (Lipinski definition) is 1. The average Bonchev–Trinajstić information content (AvgIpc) is 3.11. The number of para-hydroxylation sites is 1. The quantitative estimate of drug-likeness (QED) is 0.739. The summed E-state index contributed by atoms with van der Waals surface area (Å²) in [4.78, 5) is 12.7. The van der Waals surface area contributed by atoms with E-state index in [1.54, 1.807) is 4.68 Å². The number of fused-ring (bicyclic) bond motifs is 1. The van der Waals surface area contributed by atoms with Crippen LogP contribution in [-0.4, -0.2) is 25.3 Å². The standard InChI is InChI=1S/C14H13Cl2N5OS/c1-2-5-10(17-14(22)12-11(15)13(16)19-23-12)21-9-7-4-3-6-8(9)18-20-21/h3-4,6-7,10H,2,5H2,1H3,(H,17,22). The molecule has 6 nitrogen and oxygen atoms in total. The molecule has 1 atom stereocenters. The van der Waals surface area contributed by atoms with E-state index in [0.717, 1.165) is 29.0 Å². The van der Waals surface area contributed by atoms with Gasteiger partial charge in [-0.3, -0.25) is 4.79 Å². The maximum atomic E-state index is 12.5. The van der Waals surface area contributed by atoms with Gasteiger partial charge in [0.2, 0.25) is 0 Å². The molecule has 0 bridgehead atoms. The van der Waals surface area contributed by atoms with Crippen molar-refractivity contribution in [1.29, 1.82) is 0 Å². The number of hydrogen-bond acceptors (Lipinski definition) is 5. The van der Waals surface area contributed by atoms with Crippen molar-refractivity contribution in [3.8, 4) is 0 Å². The van der Waals surface area contributed by atoms with Crippen molar-refractivity contribution in [3.63, 3.8) is 0 Å². The van der Waals surface area contributed by atoms with Crippen LogP contribution in [0.15, 0.2) is 24.3 Å². The number of benzene rings is 1. The van der Waals surface area contributed by atoms with E-state index in [0.29, 0.717) is 11.3 Å². The number of amides is 1. The summed E-state index contributed by atoms with van der Waals surface area (Å²) in [6.07, 6.45) is 1.26. The molecule has 1 amide bonds. The van der Waals surface area contributed by atoms with Crippen molar-refractivity contribution < 1.29 is 4.79 Å². The lowest BCUT2D eigenvalue weighted by atomic mass is 10.2. The fourth-order valence-electron chi connectivity index (χ4n) is 2.26. The summed E-state index contributed by atoms with van der Waals surface area (Å²) in [6, 6.07) is 7.60. The summed E-state index contributed by atoms with van der Waals surface area (Å²) in [6.45, 7) is 2.04. The third-order valence-corrected chi connectivity index (χ3v) is 5.13. The fourth-order valence-corrected chi connectivity index (χ4v) is 3.38. The Hall–Kier alpha value is -1.70. The molecule has 0 aliphatic heterocycles. The molecule has 0 spiro atoms. The zero-order valence-corrected chi connectivity index (χ0v) is 14.5. The summed E-state index contributed by atoms with van der Waals surface area (Å²) >= 11 is 12.8. The van der Waals surface area contributed by atoms with Crippen molar-refractivity contribution in [2.45, 2.75) is 25.9 Å². The Morgan fingerprint density at radius 2 is 2.17 bits per heavy atom. The largest absolute Gasteiger partial charge is 0.329 e. The molecule has 0 fully saturated rings. The summed E-state index contributed by atoms with van der Waals surface area (Å²) in [5, 5.41) is 11.5. The Bertz CT molecular complexity index is 847. The van der Waals surface area contributed by atoms with Gasteiger partial charge in [0.05, 0.1) is 5.52 Å². The van der Waals surface area contributed by atoms with Gasteiger partial charge in [-0.05, 0) is 30.1 Å². The first kappa shape index (κ1) is 16.2. The second-order valence-corrected chi connectivity index (χ2v) is 6.43. The van der Waals surface area contributed by atoms with Crippen molar-refractivity contribution >= 4 is 51.7 Å². The van der Waals surface area contributed by atoms with E-state index in [1.807, 2.05) is 31.2 Å². The molecule has 0 saturated heterocycles. The number of nitrogens with one attached hydrogen (secondary N) is 1. The summed E-state index contributed by atoms with van der Waals surface area (Å²) in [7, 11) is 0. The molecular weight excluding hydrogens is 357 g/mol. The number of rotatable bonds is 5. The van der Waals surface area contributed by atoms with Crippen LogP contribution >= 0.6 is 34.7 Å². The van der Waals surface area contributed by atoms with Gasteiger partial charge in [-0.25, -0.2) is 4.68 Å². The van der Waals surface area contributed by atoms with Gasteiger partial charge in [0, 0.05) is 0 Å². The first-order valence-electron chi connectivity index (χ1n) is 7.03. The molecule has 0 radical (unpaired) electrons. The fraction of sp³-hybridized carbons (Fsp3) is 0.286. The summed E-state index contributed by atoms with van der Waals surface area (Å²) in [5.74, 6) is -0.322. The molecule has 1 aromatic carbocycles. The second kappa shape index (κ2) is 6.82. The minimum absolute atomic E-state index is 0.139. The number of halogens is 2. The van der Waals surface area contributed by atoms with Gasteiger partial charge in [-0.1, -0.05) is 53.9 Å². The number of nitrogens with zero attached hydrogens (tertiary/aromatic N) is 4. The minimum atomic E-state index is -0.322. The Morgan fingerprint density at radius 1 is 1.39 bits per heavy atom. The second-order valence-electron chi connectivity index (χ2n) is 4.92. The monoisotopic (exact) mass is 369 g/mol. The molecule has 0 aliphatic rings. The molecule has 120 valence electrons. The van der Waals surface area contributed by atoms with E-state index in [-0.39, 0.29) is 22.2 Å². The van der Waals surface area contributed by atoms with E-state index in [2.05, 4.69) is 20.0 Å². The lowest BCUT2D eigenvalue weighted by molar-refractivity contribution is 0.0917. The topological polar surface area (TPSA) is 72.7 Å². The highest BCUT2D eigenvalue weighted by Gasteiger charge is 2.22. The molecule has 3 aromatic rings. The zero-order chi connectivity index (χ0) is 16.4. The minimum Gasteiger partial charge on any atom is -0.329 e. The Kier molecular flexibility index (Phi) is 4.79. The van der Waals surface area contributed by atoms with Gasteiger partial charge in [-0.2, -0.15) is 4.37 Å². The van der Waals surface area contributed by atoms with Crippen molar-refractivity contribution in [1.82, 2.24) is 24.7 Å². The van der Waals surface area contributed by atoms with Crippen LogP contribution in [0.25, 0.3) is 11.0 Å². The van der Waals surface area contributed by atoms with Gasteiger partial charge >= 0.3 is 0 Å². The van der Waals surface area contributed by atoms with Gasteiger partial charge in [0.15, 0.2) is 5.15 Å². The van der Waals surface area contributed by atoms with Crippen molar-refractivity contribution in [3.05, 3.63) is 39.3 Å². The number of aromatic nitrogens is 4. The summed E-state index contributed by atoms with van der Waals surface area (Å²) < 4.78 is 5.60. The lowest BCUT2D eigenvalue weighted by Gasteiger charge is -2.18. The highest BCUT2D eigenvalue weighted by atomic mass is 35.5. The molecule has 1 unspecified atom stereocenters. The maximum absolute atomic E-state index is 12.5. The Labute approximate surface area is 146 Å². The predicted octanol–water partition coefficient (Wildman–Crippen LogP) is 3.92. The molecule has 2 heterocycles. The molecular formula is C14H13Cl2N5OS. The normalized spacial score (nSPS) is 12.5. The van der Waals surface area contributed by atoms with E-state index in [9.17, 15) is 4.79 Å². The highest BCUT2D eigenvalue weighted by molar-refractivity contribution is 7.09. The Morgan fingerprint density at radius 3 is 2.87 bits per heavy atom. The van der Waals surface area contributed by atoms with Crippen LogP contribution in [0.2, 0.25) is 10.2 Å². The van der Waals surface area contributed by atoms with E-state index < -0.39 is 0 Å². The van der Waals surface area contributed by atoms with Crippen LogP contribution < -0.4 is 5.32 Å². The van der Waals surface area contributed by atoms with Gasteiger partial charge in [-0.15, -0.1) is 5.10 Å². The molecule has 0 saturated carbocycles. The van der Waals surface area contributed by atoms with E-state index in [4.69, 9.17) is 23.2 Å². The van der Waals surface area contributed by atoms with Crippen LogP contribution in [0.1, 0.15) is 35.6 Å². The van der Waals surface area contributed by atoms with Gasteiger partial charge in [0.25, 0.3) is 5.91 Å². The Balaban J connectivity index is 1.90. The average molecular weight is 370 g/mol. The molecule has 23 heavy (non-hydrogen) atoms. The zero-order valence-electron chi connectivity index (χ0n) is 12.2. The molecule has 1 N–H and O–H groups in total. The van der Waals surface area contributed by atoms with Crippen molar-refractivity contribution in [2.75, 3.05) is 0 Å². The molecule has 3 rings (SSSR count). The molecule has 9 heteroatoms. The first-order chi connectivity index (χ1) is 11.1. The van der Waals surface area contributed by atoms with Crippen LogP contribution in [-0.2, 0) is 0 Å². The smallest absolute Gasteiger partial charge is 0.266 e. The maximum Gasteiger partial charge on any atom is 0.266 e. The van der Waals surface area contributed by atoms with E-state index in [1.165, 1.54) is 0 Å². The van der Waals surface area contributed by atoms with Crippen LogP contribution in [0.5, 0.6) is 0 Å². The van der Waals surface area contributed by atoms with Crippen LogP contribution in [0.4, 0.5) is 0 Å². The third kappa shape index (κ3) is 3.17. The van der Waals surface area contributed by atoms with Crippen LogP contribution in [0, 0.1) is 0 Å². The highest BCUT2D eigenvalue weighted by Crippen LogP contribution is 2.29. The van der Waals surface area contributed by atoms with Gasteiger partial charge in [0.1, 0.15) is 21.6 Å².